The normalized spacial score (nSPS) is 12.0. The van der Waals surface area contributed by atoms with Crippen LogP contribution in [0.5, 0.6) is 0 Å². The van der Waals surface area contributed by atoms with Gasteiger partial charge in [0.15, 0.2) is 0 Å². The van der Waals surface area contributed by atoms with E-state index in [-0.39, 0.29) is 11.7 Å². The van der Waals surface area contributed by atoms with Crippen LogP contribution >= 0.6 is 15.9 Å². The van der Waals surface area contributed by atoms with Crippen LogP contribution in [0.1, 0.15) is 27.8 Å². The minimum atomic E-state index is -0.503. The number of halogens is 2. The number of hydrogen-bond donors (Lipinski definition) is 1. The molecule has 7 heteroatoms. The lowest BCUT2D eigenvalue weighted by molar-refractivity contribution is 0.0940. The first kappa shape index (κ1) is 16.3. The average Bonchev–Trinajstić information content (AvgIpc) is 2.99. The Bertz CT molecular complexity index is 863. The third-order valence-corrected chi connectivity index (χ3v) is 4.00. The van der Waals surface area contributed by atoms with Crippen molar-refractivity contribution < 1.29 is 9.18 Å². The molecule has 2 heterocycles. The van der Waals surface area contributed by atoms with E-state index in [1.807, 2.05) is 11.6 Å². The summed E-state index contributed by atoms with van der Waals surface area (Å²) in [6, 6.07) is 7.16. The third-order valence-electron chi connectivity index (χ3n) is 3.56. The second-order valence-corrected chi connectivity index (χ2v) is 6.16. The minimum absolute atomic E-state index is 0.291. The maximum absolute atomic E-state index is 13.2. The standard InChI is InChI=1S/C17H14BrFN4O/c1-23-7-6-21-16(23)15(11-2-4-14(19)5-3-11)22-17(24)12-8-13(18)10-20-9-12/h2-10,15H,1H3,(H,22,24). The Labute approximate surface area is 146 Å². The summed E-state index contributed by atoms with van der Waals surface area (Å²) in [7, 11) is 1.84. The van der Waals surface area contributed by atoms with E-state index in [4.69, 9.17) is 0 Å². The Morgan fingerprint density at radius 1 is 1.29 bits per heavy atom. The number of rotatable bonds is 4. The molecular weight excluding hydrogens is 375 g/mol. The molecule has 0 spiro atoms. The highest BCUT2D eigenvalue weighted by molar-refractivity contribution is 9.10. The molecule has 0 bridgehead atoms. The number of hydrogen-bond acceptors (Lipinski definition) is 3. The second-order valence-electron chi connectivity index (χ2n) is 5.25. The molecule has 3 rings (SSSR count). The number of carbonyl (C=O) groups is 1. The molecule has 0 saturated heterocycles. The fraction of sp³-hybridized carbons (Fsp3) is 0.118. The fourth-order valence-corrected chi connectivity index (χ4v) is 2.72. The van der Waals surface area contributed by atoms with Crippen molar-refractivity contribution in [3.05, 3.63) is 82.4 Å². The Morgan fingerprint density at radius 3 is 2.67 bits per heavy atom. The number of carbonyl (C=O) groups excluding carboxylic acids is 1. The topological polar surface area (TPSA) is 59.8 Å². The van der Waals surface area contributed by atoms with Crippen molar-refractivity contribution in [2.45, 2.75) is 6.04 Å². The zero-order valence-corrected chi connectivity index (χ0v) is 14.4. The summed E-state index contributed by atoms with van der Waals surface area (Å²) >= 11 is 3.30. The zero-order chi connectivity index (χ0) is 17.1. The predicted octanol–water partition coefficient (Wildman–Crippen LogP) is 3.24. The van der Waals surface area contributed by atoms with Gasteiger partial charge in [-0.25, -0.2) is 9.37 Å². The van der Waals surface area contributed by atoms with Crippen molar-refractivity contribution >= 4 is 21.8 Å². The van der Waals surface area contributed by atoms with E-state index in [1.54, 1.807) is 36.8 Å². The number of aromatic nitrogens is 3. The average molecular weight is 389 g/mol. The lowest BCUT2D eigenvalue weighted by atomic mass is 10.1. The lowest BCUT2D eigenvalue weighted by Crippen LogP contribution is -2.31. The van der Waals surface area contributed by atoms with Gasteiger partial charge in [-0.1, -0.05) is 12.1 Å². The van der Waals surface area contributed by atoms with Gasteiger partial charge in [0.25, 0.3) is 5.91 Å². The van der Waals surface area contributed by atoms with E-state index in [0.717, 1.165) is 5.56 Å². The summed E-state index contributed by atoms with van der Waals surface area (Å²) in [5.41, 5.74) is 1.16. The van der Waals surface area contributed by atoms with E-state index >= 15 is 0 Å². The molecule has 0 saturated carbocycles. The first-order valence-corrected chi connectivity index (χ1v) is 7.98. The molecular formula is C17H14BrFN4O. The molecule has 2 aromatic heterocycles. The molecule has 3 aromatic rings. The van der Waals surface area contributed by atoms with Crippen molar-refractivity contribution in [3.8, 4) is 0 Å². The first-order valence-electron chi connectivity index (χ1n) is 7.18. The first-order chi connectivity index (χ1) is 11.5. The van der Waals surface area contributed by atoms with E-state index in [0.29, 0.717) is 15.9 Å². The number of imidazole rings is 1. The zero-order valence-electron chi connectivity index (χ0n) is 12.8. The minimum Gasteiger partial charge on any atom is -0.338 e. The second kappa shape index (κ2) is 6.92. The summed E-state index contributed by atoms with van der Waals surface area (Å²) in [6.07, 6.45) is 6.53. The summed E-state index contributed by atoms with van der Waals surface area (Å²) in [5.74, 6) is 0.0268. The van der Waals surface area contributed by atoms with Gasteiger partial charge in [-0.3, -0.25) is 9.78 Å². The van der Waals surface area contributed by atoms with Crippen LogP contribution in [-0.2, 0) is 7.05 Å². The van der Waals surface area contributed by atoms with Gasteiger partial charge in [-0.15, -0.1) is 0 Å². The SMILES string of the molecule is Cn1ccnc1C(NC(=O)c1cncc(Br)c1)c1ccc(F)cc1. The summed E-state index contributed by atoms with van der Waals surface area (Å²) in [5, 5.41) is 2.93. The van der Waals surface area contributed by atoms with Crippen molar-refractivity contribution in [2.75, 3.05) is 0 Å². The number of nitrogens with one attached hydrogen (secondary N) is 1. The molecule has 1 amide bonds. The Balaban J connectivity index is 1.95. The summed E-state index contributed by atoms with van der Waals surface area (Å²) < 4.78 is 15.7. The van der Waals surface area contributed by atoms with Gasteiger partial charge in [0.05, 0.1) is 5.56 Å². The number of pyridine rings is 1. The van der Waals surface area contributed by atoms with Crippen LogP contribution in [0.4, 0.5) is 4.39 Å². The van der Waals surface area contributed by atoms with Crippen LogP contribution in [0.3, 0.4) is 0 Å². The number of amides is 1. The molecule has 1 atom stereocenters. The van der Waals surface area contributed by atoms with Gasteiger partial charge in [0.1, 0.15) is 17.7 Å². The molecule has 0 radical (unpaired) electrons. The van der Waals surface area contributed by atoms with E-state index in [9.17, 15) is 9.18 Å². The van der Waals surface area contributed by atoms with E-state index in [1.165, 1.54) is 18.3 Å². The van der Waals surface area contributed by atoms with E-state index in [2.05, 4.69) is 31.2 Å². The maximum Gasteiger partial charge on any atom is 0.253 e. The Hall–Kier alpha value is -2.54. The Morgan fingerprint density at radius 2 is 2.04 bits per heavy atom. The molecule has 5 nitrogen and oxygen atoms in total. The number of nitrogens with zero attached hydrogens (tertiary/aromatic N) is 3. The summed E-state index contributed by atoms with van der Waals surface area (Å²) in [4.78, 5) is 20.9. The predicted molar refractivity (Wildman–Crippen MR) is 90.9 cm³/mol. The van der Waals surface area contributed by atoms with Gasteiger partial charge in [-0.2, -0.15) is 0 Å². The lowest BCUT2D eigenvalue weighted by Gasteiger charge is -2.19. The molecule has 1 N–H and O–H groups in total. The van der Waals surface area contributed by atoms with Crippen molar-refractivity contribution in [1.82, 2.24) is 19.9 Å². The van der Waals surface area contributed by atoms with Gasteiger partial charge >= 0.3 is 0 Å². The Kier molecular flexibility index (Phi) is 4.71. The van der Waals surface area contributed by atoms with Crippen LogP contribution in [0.25, 0.3) is 0 Å². The molecule has 0 aliphatic carbocycles. The molecule has 122 valence electrons. The molecule has 0 fully saturated rings. The van der Waals surface area contributed by atoms with Crippen LogP contribution in [0.15, 0.2) is 59.6 Å². The third kappa shape index (κ3) is 3.51. The van der Waals surface area contributed by atoms with Crippen LogP contribution in [-0.4, -0.2) is 20.4 Å². The molecule has 0 aliphatic heterocycles. The smallest absolute Gasteiger partial charge is 0.253 e. The van der Waals surface area contributed by atoms with Gasteiger partial charge < -0.3 is 9.88 Å². The molecule has 1 unspecified atom stereocenters. The van der Waals surface area contributed by atoms with Gasteiger partial charge in [-0.05, 0) is 39.7 Å². The summed E-state index contributed by atoms with van der Waals surface area (Å²) in [6.45, 7) is 0. The van der Waals surface area contributed by atoms with Crippen molar-refractivity contribution in [3.63, 3.8) is 0 Å². The fourth-order valence-electron chi connectivity index (χ4n) is 2.36. The highest BCUT2D eigenvalue weighted by Crippen LogP contribution is 2.21. The number of aryl methyl sites for hydroxylation is 1. The van der Waals surface area contributed by atoms with Crippen molar-refractivity contribution in [1.29, 1.82) is 0 Å². The van der Waals surface area contributed by atoms with Gasteiger partial charge in [0.2, 0.25) is 0 Å². The van der Waals surface area contributed by atoms with Crippen LogP contribution in [0, 0.1) is 5.82 Å². The molecule has 0 aliphatic rings. The quantitative estimate of drug-likeness (QED) is 0.746. The number of benzene rings is 1. The van der Waals surface area contributed by atoms with E-state index < -0.39 is 6.04 Å². The van der Waals surface area contributed by atoms with Crippen molar-refractivity contribution in [2.24, 2.45) is 7.05 Å². The van der Waals surface area contributed by atoms with Crippen LogP contribution < -0.4 is 5.32 Å². The maximum atomic E-state index is 13.2. The molecule has 1 aromatic carbocycles. The van der Waals surface area contributed by atoms with Gasteiger partial charge in [0, 0.05) is 36.3 Å². The monoisotopic (exact) mass is 388 g/mol. The highest BCUT2D eigenvalue weighted by Gasteiger charge is 2.21. The molecule has 24 heavy (non-hydrogen) atoms. The highest BCUT2D eigenvalue weighted by atomic mass is 79.9. The largest absolute Gasteiger partial charge is 0.338 e. The van der Waals surface area contributed by atoms with Crippen LogP contribution in [0.2, 0.25) is 0 Å².